The first-order valence-corrected chi connectivity index (χ1v) is 12.6. The molecule has 1 aromatic carbocycles. The van der Waals surface area contributed by atoms with Gasteiger partial charge in [0.2, 0.25) is 5.91 Å². The van der Waals surface area contributed by atoms with Crippen molar-refractivity contribution in [2.45, 2.75) is 64.5 Å². The predicted molar refractivity (Wildman–Crippen MR) is 127 cm³/mol. The lowest BCUT2D eigenvalue weighted by molar-refractivity contribution is -0.124. The van der Waals surface area contributed by atoms with Crippen molar-refractivity contribution in [1.82, 2.24) is 14.9 Å². The maximum Gasteiger partial charge on any atom is 0.226 e. The minimum absolute atomic E-state index is 0.150. The monoisotopic (exact) mass is 446 g/mol. The molecule has 0 spiro atoms. The van der Waals surface area contributed by atoms with Gasteiger partial charge in [-0.2, -0.15) is 0 Å². The second kappa shape index (κ2) is 8.39. The van der Waals surface area contributed by atoms with Gasteiger partial charge in [-0.25, -0.2) is 9.97 Å². The minimum Gasteiger partial charge on any atom is -0.497 e. The number of amides is 1. The van der Waals surface area contributed by atoms with Crippen molar-refractivity contribution < 1.29 is 9.53 Å². The lowest BCUT2D eigenvalue weighted by Gasteiger charge is -2.56. The second-order valence-electron chi connectivity index (χ2n) is 11.1. The van der Waals surface area contributed by atoms with E-state index in [4.69, 9.17) is 4.74 Å². The van der Waals surface area contributed by atoms with Crippen LogP contribution in [0.25, 0.3) is 0 Å². The molecule has 4 aliphatic carbocycles. The largest absolute Gasteiger partial charge is 0.497 e. The number of nitrogens with zero attached hydrogens (tertiary/aromatic N) is 3. The number of benzene rings is 1. The smallest absolute Gasteiger partial charge is 0.226 e. The Morgan fingerprint density at radius 2 is 1.91 bits per heavy atom. The molecule has 0 unspecified atom stereocenters. The molecule has 1 aromatic heterocycles. The molecule has 2 aromatic rings. The van der Waals surface area contributed by atoms with E-state index in [2.05, 4.69) is 32.3 Å². The van der Waals surface area contributed by atoms with Crippen molar-refractivity contribution >= 4 is 11.7 Å². The van der Waals surface area contributed by atoms with Crippen LogP contribution in [0.2, 0.25) is 0 Å². The normalized spacial score (nSPS) is 30.2. The topological polar surface area (TPSA) is 67.3 Å². The van der Waals surface area contributed by atoms with Gasteiger partial charge < -0.3 is 10.1 Å². The number of hydrogen-bond donors (Lipinski definition) is 1. The van der Waals surface area contributed by atoms with E-state index in [1.807, 2.05) is 12.1 Å². The summed E-state index contributed by atoms with van der Waals surface area (Å²) in [5.74, 6) is 4.37. The third-order valence-electron chi connectivity index (χ3n) is 8.58. The molecular formula is C27H34N4O2. The number of aromatic nitrogens is 2. The molecule has 174 valence electrons. The van der Waals surface area contributed by atoms with Gasteiger partial charge in [-0.1, -0.05) is 12.1 Å². The molecule has 1 aliphatic heterocycles. The molecule has 0 atom stereocenters. The summed E-state index contributed by atoms with van der Waals surface area (Å²) >= 11 is 0. The zero-order valence-electron chi connectivity index (χ0n) is 19.6. The number of ether oxygens (including phenoxy) is 1. The van der Waals surface area contributed by atoms with E-state index >= 15 is 0 Å². The van der Waals surface area contributed by atoms with Crippen molar-refractivity contribution in [2.75, 3.05) is 19.0 Å². The maximum atomic E-state index is 13.2. The number of fused-ring (bicyclic) bond motifs is 1. The fourth-order valence-electron chi connectivity index (χ4n) is 7.70. The lowest BCUT2D eigenvalue weighted by atomic mass is 9.49. The average Bonchev–Trinajstić information content (AvgIpc) is 2.78. The van der Waals surface area contributed by atoms with Crippen LogP contribution in [-0.4, -0.2) is 34.4 Å². The van der Waals surface area contributed by atoms with Gasteiger partial charge in [0.15, 0.2) is 0 Å². The third-order valence-corrected chi connectivity index (χ3v) is 8.58. The van der Waals surface area contributed by atoms with Crippen molar-refractivity contribution in [1.29, 1.82) is 0 Å². The van der Waals surface area contributed by atoms with E-state index in [0.717, 1.165) is 66.6 Å². The van der Waals surface area contributed by atoms with Gasteiger partial charge >= 0.3 is 0 Å². The molecular weight excluding hydrogens is 412 g/mol. The highest BCUT2D eigenvalue weighted by atomic mass is 16.5. The molecule has 4 bridgehead atoms. The average molecular weight is 447 g/mol. The zero-order chi connectivity index (χ0) is 22.4. The maximum absolute atomic E-state index is 13.2. The van der Waals surface area contributed by atoms with Gasteiger partial charge in [-0.3, -0.25) is 9.69 Å². The molecule has 5 aliphatic rings. The fraction of sp³-hybridized carbons (Fsp3) is 0.593. The highest BCUT2D eigenvalue weighted by molar-refractivity contribution is 5.91. The van der Waals surface area contributed by atoms with Crippen molar-refractivity contribution in [3.63, 3.8) is 0 Å². The van der Waals surface area contributed by atoms with Crippen molar-refractivity contribution in [3.05, 3.63) is 47.4 Å². The van der Waals surface area contributed by atoms with E-state index in [0.29, 0.717) is 6.42 Å². The summed E-state index contributed by atoms with van der Waals surface area (Å²) in [5.41, 5.74) is 3.62. The molecule has 0 radical (unpaired) electrons. The number of anilines is 1. The van der Waals surface area contributed by atoms with Crippen LogP contribution >= 0.6 is 0 Å². The molecule has 4 saturated carbocycles. The van der Waals surface area contributed by atoms with Crippen LogP contribution in [0, 0.1) is 23.2 Å². The molecule has 7 rings (SSSR count). The number of carbonyl (C=O) groups is 1. The summed E-state index contributed by atoms with van der Waals surface area (Å²) in [5, 5.41) is 3.20. The number of nitrogens with one attached hydrogen (secondary N) is 1. The number of methoxy groups -OCH3 is 1. The van der Waals surface area contributed by atoms with Crippen molar-refractivity contribution in [3.8, 4) is 5.75 Å². The predicted octanol–water partition coefficient (Wildman–Crippen LogP) is 4.59. The number of hydrogen-bond acceptors (Lipinski definition) is 5. The Balaban J connectivity index is 1.12. The van der Waals surface area contributed by atoms with Crippen LogP contribution in [0.5, 0.6) is 5.75 Å². The second-order valence-corrected chi connectivity index (χ2v) is 11.1. The number of carbonyl (C=O) groups excluding carboxylic acids is 1. The van der Waals surface area contributed by atoms with Crippen LogP contribution in [-0.2, 0) is 24.3 Å². The molecule has 4 fully saturated rings. The highest BCUT2D eigenvalue weighted by Gasteiger charge is 2.51. The summed E-state index contributed by atoms with van der Waals surface area (Å²) in [7, 11) is 1.70. The standard InChI is InChI=1S/C27H34N4O2/c1-33-22-4-2-3-18(10-22)15-31-6-5-23-24(16-31)28-17-29-26(23)30-25(32)14-27-11-19-7-20(12-27)9-21(8-19)13-27/h2-4,10,17,19-21H,5-9,11-16H2,1H3,(H,28,29,30,32). The van der Waals surface area contributed by atoms with Gasteiger partial charge in [0.1, 0.15) is 17.9 Å². The van der Waals surface area contributed by atoms with Crippen LogP contribution in [0.3, 0.4) is 0 Å². The molecule has 6 nitrogen and oxygen atoms in total. The van der Waals surface area contributed by atoms with Gasteiger partial charge in [0, 0.05) is 31.6 Å². The van der Waals surface area contributed by atoms with Crippen molar-refractivity contribution in [2.24, 2.45) is 23.2 Å². The fourth-order valence-corrected chi connectivity index (χ4v) is 7.70. The van der Waals surface area contributed by atoms with Gasteiger partial charge in [0.25, 0.3) is 0 Å². The van der Waals surface area contributed by atoms with E-state index in [1.165, 1.54) is 44.1 Å². The summed E-state index contributed by atoms with van der Waals surface area (Å²) in [6.07, 6.45) is 11.1. The highest BCUT2D eigenvalue weighted by Crippen LogP contribution is 2.61. The Labute approximate surface area is 196 Å². The lowest BCUT2D eigenvalue weighted by Crippen LogP contribution is -2.47. The van der Waals surface area contributed by atoms with Gasteiger partial charge in [-0.05, 0) is 85.8 Å². The Hall–Kier alpha value is -2.47. The molecule has 1 N–H and O–H groups in total. The van der Waals surface area contributed by atoms with Crippen LogP contribution in [0.4, 0.5) is 5.82 Å². The first kappa shape index (κ1) is 21.1. The Morgan fingerprint density at radius 1 is 1.15 bits per heavy atom. The van der Waals surface area contributed by atoms with Crippen LogP contribution < -0.4 is 10.1 Å². The van der Waals surface area contributed by atoms with Crippen LogP contribution in [0.1, 0.15) is 61.8 Å². The summed E-state index contributed by atoms with van der Waals surface area (Å²) in [4.78, 5) is 24.6. The summed E-state index contributed by atoms with van der Waals surface area (Å²) in [6, 6.07) is 8.23. The Kier molecular flexibility index (Phi) is 5.36. The number of rotatable bonds is 6. The third kappa shape index (κ3) is 4.25. The molecule has 33 heavy (non-hydrogen) atoms. The van der Waals surface area contributed by atoms with Gasteiger partial charge in [0.05, 0.1) is 12.8 Å². The first-order valence-electron chi connectivity index (χ1n) is 12.6. The van der Waals surface area contributed by atoms with Crippen LogP contribution in [0.15, 0.2) is 30.6 Å². The Morgan fingerprint density at radius 3 is 2.64 bits per heavy atom. The summed E-state index contributed by atoms with van der Waals surface area (Å²) in [6.45, 7) is 2.55. The molecule has 0 saturated heterocycles. The summed E-state index contributed by atoms with van der Waals surface area (Å²) < 4.78 is 5.36. The minimum atomic E-state index is 0.150. The SMILES string of the molecule is COc1cccc(CN2CCc3c(ncnc3NC(=O)CC34CC5CC(CC(C5)C3)C4)C2)c1. The van der Waals surface area contributed by atoms with E-state index in [-0.39, 0.29) is 11.3 Å². The molecule has 2 heterocycles. The zero-order valence-corrected chi connectivity index (χ0v) is 19.6. The molecule has 6 heteroatoms. The quantitative estimate of drug-likeness (QED) is 0.703. The van der Waals surface area contributed by atoms with Gasteiger partial charge in [-0.15, -0.1) is 0 Å². The van der Waals surface area contributed by atoms with E-state index in [1.54, 1.807) is 13.4 Å². The van der Waals surface area contributed by atoms with E-state index in [9.17, 15) is 4.79 Å². The van der Waals surface area contributed by atoms with E-state index < -0.39 is 0 Å². The Bertz CT molecular complexity index is 1020. The first-order chi connectivity index (χ1) is 16.1. The molecule has 1 amide bonds.